The quantitative estimate of drug-likeness (QED) is 0.694. The van der Waals surface area contributed by atoms with Crippen LogP contribution in [0.15, 0.2) is 29.3 Å². The lowest BCUT2D eigenvalue weighted by Crippen LogP contribution is -2.50. The van der Waals surface area contributed by atoms with E-state index >= 15 is 0 Å². The fraction of sp³-hybridized carbons (Fsp3) is 0.333. The van der Waals surface area contributed by atoms with E-state index in [1.54, 1.807) is 22.8 Å². The summed E-state index contributed by atoms with van der Waals surface area (Å²) in [6, 6.07) is 2.90. The lowest BCUT2D eigenvalue weighted by molar-refractivity contribution is 0.0526. The van der Waals surface area contributed by atoms with Crippen molar-refractivity contribution in [1.82, 2.24) is 19.8 Å². The Kier molecular flexibility index (Phi) is 3.87. The van der Waals surface area contributed by atoms with Gasteiger partial charge in [-0.05, 0) is 25.5 Å². The van der Waals surface area contributed by atoms with Crippen LogP contribution in [0.3, 0.4) is 0 Å². The summed E-state index contributed by atoms with van der Waals surface area (Å²) in [7, 11) is 0. The molecule has 0 unspecified atom stereocenters. The zero-order chi connectivity index (χ0) is 19.3. The summed E-state index contributed by atoms with van der Waals surface area (Å²) in [6.07, 6.45) is 3.62. The molecule has 27 heavy (non-hydrogen) atoms. The van der Waals surface area contributed by atoms with Gasteiger partial charge in [-0.3, -0.25) is 19.2 Å². The number of aromatic amines is 2. The van der Waals surface area contributed by atoms with E-state index in [4.69, 9.17) is 5.73 Å². The molecule has 2 aliphatic rings. The molecule has 2 fully saturated rings. The largest absolute Gasteiger partial charge is 0.364 e. The zero-order valence-corrected chi connectivity index (χ0v) is 14.7. The molecule has 0 saturated carbocycles. The smallest absolute Gasteiger partial charge is 0.265 e. The number of likely N-dealkylation sites (tertiary alicyclic amines) is 2. The molecule has 9 heteroatoms. The maximum atomic E-state index is 12.8. The number of carbonyl (C=O) groups excluding carboxylic acids is 3. The number of aryl methyl sites for hydroxylation is 1. The minimum absolute atomic E-state index is 0.0618. The van der Waals surface area contributed by atoms with Crippen LogP contribution in [0.4, 0.5) is 0 Å². The number of hydrogen-bond acceptors (Lipinski definition) is 4. The van der Waals surface area contributed by atoms with Gasteiger partial charge >= 0.3 is 0 Å². The topological polar surface area (TPSA) is 132 Å². The number of fused-ring (bicyclic) bond motifs is 2. The summed E-state index contributed by atoms with van der Waals surface area (Å²) in [6.45, 7) is 2.54. The van der Waals surface area contributed by atoms with Gasteiger partial charge in [-0.15, -0.1) is 0 Å². The van der Waals surface area contributed by atoms with Gasteiger partial charge in [-0.25, -0.2) is 0 Å². The summed E-state index contributed by atoms with van der Waals surface area (Å²) >= 11 is 0. The van der Waals surface area contributed by atoms with Crippen molar-refractivity contribution in [3.8, 4) is 0 Å². The Hall–Kier alpha value is -3.36. The maximum absolute atomic E-state index is 12.8. The Morgan fingerprint density at radius 2 is 1.56 bits per heavy atom. The maximum Gasteiger partial charge on any atom is 0.265 e. The SMILES string of the molecule is Cc1cc(C(=O)N2C[C@@H]3C[C@H]2CN3C(=O)c2c[nH]c(C(N)=O)c2)c[nH]c1=O. The van der Waals surface area contributed by atoms with Gasteiger partial charge in [0.1, 0.15) is 5.69 Å². The molecule has 2 bridgehead atoms. The van der Waals surface area contributed by atoms with Crippen molar-refractivity contribution in [3.05, 3.63) is 57.3 Å². The Bertz CT molecular complexity index is 1010. The fourth-order valence-electron chi connectivity index (χ4n) is 3.88. The van der Waals surface area contributed by atoms with Crippen LogP contribution in [-0.4, -0.2) is 62.7 Å². The van der Waals surface area contributed by atoms with Crippen LogP contribution in [-0.2, 0) is 0 Å². The number of carbonyl (C=O) groups is 3. The minimum Gasteiger partial charge on any atom is -0.364 e. The molecular weight excluding hydrogens is 350 g/mol. The molecule has 0 aliphatic carbocycles. The number of hydrogen-bond donors (Lipinski definition) is 3. The third kappa shape index (κ3) is 2.80. The number of pyridine rings is 1. The third-order valence-electron chi connectivity index (χ3n) is 5.29. The molecular formula is C18H19N5O4. The minimum atomic E-state index is -0.620. The van der Waals surface area contributed by atoms with Gasteiger partial charge < -0.3 is 25.5 Å². The van der Waals surface area contributed by atoms with Crippen LogP contribution in [0.1, 0.15) is 43.2 Å². The average Bonchev–Trinajstić information content (AvgIpc) is 3.37. The van der Waals surface area contributed by atoms with Crippen LogP contribution < -0.4 is 11.3 Å². The Morgan fingerprint density at radius 3 is 2.04 bits per heavy atom. The summed E-state index contributed by atoms with van der Waals surface area (Å²) in [5.74, 6) is -0.949. The van der Waals surface area contributed by atoms with Crippen molar-refractivity contribution < 1.29 is 14.4 Å². The van der Waals surface area contributed by atoms with E-state index in [0.29, 0.717) is 36.2 Å². The predicted molar refractivity (Wildman–Crippen MR) is 95.4 cm³/mol. The first-order valence-corrected chi connectivity index (χ1v) is 8.64. The standard InChI is InChI=1S/C18H19N5O4/c1-9-2-10(6-21-16(9)25)17(26)22-7-13-4-12(22)8-23(13)18(27)11-3-14(15(19)24)20-5-11/h2-3,5-6,12-13,20H,4,7-8H2,1H3,(H2,19,24)(H,21,25)/t12-,13-/m0/s1. The highest BCUT2D eigenvalue weighted by molar-refractivity contribution is 5.99. The van der Waals surface area contributed by atoms with E-state index in [0.717, 1.165) is 0 Å². The number of rotatable bonds is 3. The number of piperazine rings is 1. The first-order chi connectivity index (χ1) is 12.8. The molecule has 2 saturated heterocycles. The van der Waals surface area contributed by atoms with Gasteiger partial charge in [0, 0.05) is 31.0 Å². The Morgan fingerprint density at radius 1 is 1.00 bits per heavy atom. The predicted octanol–water partition coefficient (Wildman–Crippen LogP) is -0.151. The molecule has 4 rings (SSSR count). The van der Waals surface area contributed by atoms with E-state index in [-0.39, 0.29) is 35.2 Å². The average molecular weight is 369 g/mol. The lowest BCUT2D eigenvalue weighted by Gasteiger charge is -2.34. The normalized spacial score (nSPS) is 20.9. The number of H-pyrrole nitrogens is 2. The van der Waals surface area contributed by atoms with Gasteiger partial charge in [0.2, 0.25) is 0 Å². The van der Waals surface area contributed by atoms with E-state index in [2.05, 4.69) is 9.97 Å². The Balaban J connectivity index is 1.47. The molecule has 0 spiro atoms. The molecule has 0 radical (unpaired) electrons. The highest BCUT2D eigenvalue weighted by atomic mass is 16.2. The third-order valence-corrected chi connectivity index (χ3v) is 5.29. The van der Waals surface area contributed by atoms with Gasteiger partial charge in [0.25, 0.3) is 23.3 Å². The highest BCUT2D eigenvalue weighted by Crippen LogP contribution is 2.33. The number of nitrogens with two attached hydrogens (primary N) is 1. The molecule has 2 aliphatic heterocycles. The van der Waals surface area contributed by atoms with Crippen molar-refractivity contribution >= 4 is 17.7 Å². The van der Waals surface area contributed by atoms with Crippen molar-refractivity contribution in [2.24, 2.45) is 5.73 Å². The first-order valence-electron chi connectivity index (χ1n) is 8.64. The summed E-state index contributed by atoms with van der Waals surface area (Å²) in [5, 5.41) is 0. The highest BCUT2D eigenvalue weighted by Gasteiger charge is 2.47. The van der Waals surface area contributed by atoms with Gasteiger partial charge in [0.05, 0.1) is 23.2 Å². The second kappa shape index (κ2) is 6.11. The lowest BCUT2D eigenvalue weighted by atomic mass is 10.1. The first kappa shape index (κ1) is 17.1. The fourth-order valence-corrected chi connectivity index (χ4v) is 3.88. The van der Waals surface area contributed by atoms with Crippen molar-refractivity contribution in [1.29, 1.82) is 0 Å². The van der Waals surface area contributed by atoms with E-state index in [1.807, 2.05) is 0 Å². The summed E-state index contributed by atoms with van der Waals surface area (Å²) in [5.41, 5.74) is 6.48. The van der Waals surface area contributed by atoms with Gasteiger partial charge in [-0.2, -0.15) is 0 Å². The van der Waals surface area contributed by atoms with E-state index in [1.165, 1.54) is 18.5 Å². The molecule has 0 aromatic carbocycles. The molecule has 2 aromatic heterocycles. The van der Waals surface area contributed by atoms with E-state index < -0.39 is 5.91 Å². The molecule has 3 amide bonds. The number of primary amides is 1. The van der Waals surface area contributed by atoms with Crippen LogP contribution in [0, 0.1) is 6.92 Å². The molecule has 9 nitrogen and oxygen atoms in total. The van der Waals surface area contributed by atoms with Crippen LogP contribution in [0.2, 0.25) is 0 Å². The molecule has 4 N–H and O–H groups in total. The second-order valence-corrected chi connectivity index (χ2v) is 7.03. The van der Waals surface area contributed by atoms with E-state index in [9.17, 15) is 19.2 Å². The molecule has 4 heterocycles. The molecule has 140 valence electrons. The molecule has 2 aromatic rings. The summed E-state index contributed by atoms with van der Waals surface area (Å²) in [4.78, 5) is 56.9. The Labute approximate surface area is 154 Å². The van der Waals surface area contributed by atoms with Gasteiger partial charge in [0.15, 0.2) is 0 Å². The number of aromatic nitrogens is 2. The van der Waals surface area contributed by atoms with Gasteiger partial charge in [-0.1, -0.05) is 0 Å². The zero-order valence-electron chi connectivity index (χ0n) is 14.7. The monoisotopic (exact) mass is 369 g/mol. The number of nitrogens with zero attached hydrogens (tertiary/aromatic N) is 2. The summed E-state index contributed by atoms with van der Waals surface area (Å²) < 4.78 is 0. The number of amides is 3. The number of nitrogens with one attached hydrogen (secondary N) is 2. The van der Waals surface area contributed by atoms with Crippen LogP contribution in [0.25, 0.3) is 0 Å². The second-order valence-electron chi connectivity index (χ2n) is 7.03. The van der Waals surface area contributed by atoms with Crippen molar-refractivity contribution in [3.63, 3.8) is 0 Å². The van der Waals surface area contributed by atoms with Crippen molar-refractivity contribution in [2.75, 3.05) is 13.1 Å². The van der Waals surface area contributed by atoms with Crippen LogP contribution >= 0.6 is 0 Å². The van der Waals surface area contributed by atoms with Crippen molar-refractivity contribution in [2.45, 2.75) is 25.4 Å². The molecule has 2 atom stereocenters. The van der Waals surface area contributed by atoms with Crippen LogP contribution in [0.5, 0.6) is 0 Å².